The molecule has 1 saturated heterocycles. The average Bonchev–Trinajstić information content (AvgIpc) is 2.56. The number of nitrogens with zero attached hydrogens (tertiary/aromatic N) is 1. The molecule has 130 valence electrons. The van der Waals surface area contributed by atoms with E-state index in [9.17, 15) is 19.5 Å². The number of halogens is 2. The minimum Gasteiger partial charge on any atom is -0.480 e. The van der Waals surface area contributed by atoms with Crippen LogP contribution in [0.2, 0.25) is 10.0 Å². The molecule has 2 atom stereocenters. The number of benzene rings is 1. The fourth-order valence-electron chi connectivity index (χ4n) is 2.72. The molecule has 0 saturated carbocycles. The van der Waals surface area contributed by atoms with Gasteiger partial charge in [0, 0.05) is 6.54 Å². The molecule has 0 bridgehead atoms. The maximum atomic E-state index is 12.5. The van der Waals surface area contributed by atoms with Crippen molar-refractivity contribution in [1.82, 2.24) is 10.2 Å². The zero-order chi connectivity index (χ0) is 17.9. The van der Waals surface area contributed by atoms with Crippen LogP contribution >= 0.6 is 23.2 Å². The Kier molecular flexibility index (Phi) is 6.07. The molecule has 0 aliphatic carbocycles. The second kappa shape index (κ2) is 7.85. The van der Waals surface area contributed by atoms with Gasteiger partial charge in [0.25, 0.3) is 5.91 Å². The lowest BCUT2D eigenvalue weighted by atomic mass is 10.0. The summed E-state index contributed by atoms with van der Waals surface area (Å²) in [6.07, 6.45) is 1.93. The van der Waals surface area contributed by atoms with E-state index in [1.54, 1.807) is 12.1 Å². The van der Waals surface area contributed by atoms with E-state index in [2.05, 4.69) is 5.32 Å². The summed E-state index contributed by atoms with van der Waals surface area (Å²) >= 11 is 11.9. The van der Waals surface area contributed by atoms with Crippen LogP contribution in [0, 0.1) is 0 Å². The summed E-state index contributed by atoms with van der Waals surface area (Å²) in [5.41, 5.74) is 0.164. The molecule has 0 aromatic heterocycles. The van der Waals surface area contributed by atoms with Gasteiger partial charge in [0.2, 0.25) is 5.91 Å². The number of nitrogens with one attached hydrogen (secondary N) is 1. The van der Waals surface area contributed by atoms with Gasteiger partial charge in [0.05, 0.1) is 15.6 Å². The highest BCUT2D eigenvalue weighted by Crippen LogP contribution is 2.25. The normalized spacial score (nSPS) is 18.8. The topological polar surface area (TPSA) is 86.7 Å². The van der Waals surface area contributed by atoms with Crippen LogP contribution in [0.25, 0.3) is 0 Å². The Hall–Kier alpha value is -1.79. The van der Waals surface area contributed by atoms with Gasteiger partial charge in [-0.15, -0.1) is 0 Å². The van der Waals surface area contributed by atoms with Crippen molar-refractivity contribution in [2.24, 2.45) is 0 Å². The molecule has 2 N–H and O–H groups in total. The molecule has 24 heavy (non-hydrogen) atoms. The molecule has 1 heterocycles. The Morgan fingerprint density at radius 3 is 2.67 bits per heavy atom. The number of hydrogen-bond acceptors (Lipinski definition) is 3. The van der Waals surface area contributed by atoms with E-state index in [4.69, 9.17) is 23.2 Å². The van der Waals surface area contributed by atoms with E-state index in [-0.39, 0.29) is 15.6 Å². The molecule has 2 rings (SSSR count). The number of carboxylic acids is 1. The van der Waals surface area contributed by atoms with Crippen LogP contribution in [0.1, 0.15) is 36.5 Å². The summed E-state index contributed by atoms with van der Waals surface area (Å²) in [6.45, 7) is 1.89. The van der Waals surface area contributed by atoms with Crippen molar-refractivity contribution in [2.45, 2.75) is 38.3 Å². The van der Waals surface area contributed by atoms with Crippen molar-refractivity contribution >= 4 is 41.0 Å². The first-order valence-corrected chi connectivity index (χ1v) is 8.36. The largest absolute Gasteiger partial charge is 0.480 e. The maximum absolute atomic E-state index is 12.5. The van der Waals surface area contributed by atoms with Crippen molar-refractivity contribution in [3.05, 3.63) is 33.8 Å². The minimum atomic E-state index is -1.03. The molecule has 0 radical (unpaired) electrons. The molecule has 6 nitrogen and oxygen atoms in total. The molecule has 1 aliphatic heterocycles. The Balaban J connectivity index is 2.09. The second-order valence-corrected chi connectivity index (χ2v) is 6.46. The summed E-state index contributed by atoms with van der Waals surface area (Å²) in [5.74, 6) is -1.99. The smallest absolute Gasteiger partial charge is 0.326 e. The molecule has 1 fully saturated rings. The van der Waals surface area contributed by atoms with Gasteiger partial charge in [-0.25, -0.2) is 4.79 Å². The number of hydrogen-bond donors (Lipinski definition) is 2. The van der Waals surface area contributed by atoms with E-state index in [0.29, 0.717) is 13.0 Å². The quantitative estimate of drug-likeness (QED) is 0.850. The zero-order valence-corrected chi connectivity index (χ0v) is 14.6. The van der Waals surface area contributed by atoms with Gasteiger partial charge in [0.15, 0.2) is 0 Å². The van der Waals surface area contributed by atoms with Gasteiger partial charge in [-0.1, -0.05) is 29.3 Å². The highest BCUT2D eigenvalue weighted by molar-refractivity contribution is 6.43. The Bertz CT molecular complexity index is 665. The Labute approximate surface area is 149 Å². The molecule has 0 unspecified atom stereocenters. The third kappa shape index (κ3) is 3.99. The number of carboxylic acid groups (broad SMARTS) is 1. The van der Waals surface area contributed by atoms with Crippen LogP contribution in [0.4, 0.5) is 0 Å². The number of piperidine rings is 1. The minimum absolute atomic E-state index is 0.109. The summed E-state index contributed by atoms with van der Waals surface area (Å²) < 4.78 is 0. The highest BCUT2D eigenvalue weighted by atomic mass is 35.5. The van der Waals surface area contributed by atoms with Gasteiger partial charge in [0.1, 0.15) is 12.1 Å². The number of carbonyl (C=O) groups is 3. The van der Waals surface area contributed by atoms with Crippen LogP contribution in [0.15, 0.2) is 18.2 Å². The van der Waals surface area contributed by atoms with Gasteiger partial charge < -0.3 is 15.3 Å². The first kappa shape index (κ1) is 18.5. The average molecular weight is 373 g/mol. The monoisotopic (exact) mass is 372 g/mol. The summed E-state index contributed by atoms with van der Waals surface area (Å²) in [5, 5.41) is 12.2. The molecule has 2 amide bonds. The van der Waals surface area contributed by atoms with Crippen LogP contribution in [-0.2, 0) is 9.59 Å². The zero-order valence-electron chi connectivity index (χ0n) is 13.1. The van der Waals surface area contributed by atoms with E-state index in [1.807, 2.05) is 0 Å². The lowest BCUT2D eigenvalue weighted by Gasteiger charge is -2.34. The van der Waals surface area contributed by atoms with Crippen molar-refractivity contribution in [2.75, 3.05) is 6.54 Å². The van der Waals surface area contributed by atoms with Crippen LogP contribution in [0.5, 0.6) is 0 Å². The molecular weight excluding hydrogens is 355 g/mol. The van der Waals surface area contributed by atoms with E-state index < -0.39 is 29.9 Å². The van der Waals surface area contributed by atoms with Crippen LogP contribution in [-0.4, -0.2) is 46.4 Å². The van der Waals surface area contributed by atoms with Crippen molar-refractivity contribution < 1.29 is 19.5 Å². The number of likely N-dealkylation sites (tertiary alicyclic amines) is 1. The SMILES string of the molecule is C[C@H](NC(=O)c1cccc(Cl)c1Cl)C(=O)N1CCCC[C@H]1C(=O)O. The summed E-state index contributed by atoms with van der Waals surface area (Å²) in [6, 6.07) is 2.93. The van der Waals surface area contributed by atoms with Crippen LogP contribution < -0.4 is 5.32 Å². The van der Waals surface area contributed by atoms with Crippen LogP contribution in [0.3, 0.4) is 0 Å². The third-order valence-corrected chi connectivity index (χ3v) is 4.80. The third-order valence-electron chi connectivity index (χ3n) is 3.99. The highest BCUT2D eigenvalue weighted by Gasteiger charge is 2.34. The fraction of sp³-hybridized carbons (Fsp3) is 0.438. The first-order chi connectivity index (χ1) is 11.3. The van der Waals surface area contributed by atoms with Crippen molar-refractivity contribution in [1.29, 1.82) is 0 Å². The standard InChI is InChI=1S/C16H18Cl2N2O4/c1-9(15(22)20-8-3-2-7-12(20)16(23)24)19-14(21)10-5-4-6-11(17)13(10)18/h4-6,9,12H,2-3,7-8H2,1H3,(H,19,21)(H,23,24)/t9-,12-/m0/s1. The number of carbonyl (C=O) groups excluding carboxylic acids is 2. The van der Waals surface area contributed by atoms with Gasteiger partial charge in [-0.2, -0.15) is 0 Å². The van der Waals surface area contributed by atoms with E-state index in [1.165, 1.54) is 17.9 Å². The number of amides is 2. The predicted molar refractivity (Wildman–Crippen MR) is 90.4 cm³/mol. The lowest BCUT2D eigenvalue weighted by Crippen LogP contribution is -2.54. The van der Waals surface area contributed by atoms with Gasteiger partial charge in [-0.05, 0) is 38.3 Å². The maximum Gasteiger partial charge on any atom is 0.326 e. The molecule has 8 heteroatoms. The Morgan fingerprint density at radius 1 is 1.29 bits per heavy atom. The summed E-state index contributed by atoms with van der Waals surface area (Å²) in [4.78, 5) is 37.4. The predicted octanol–water partition coefficient (Wildman–Crippen LogP) is 2.58. The fourth-order valence-corrected chi connectivity index (χ4v) is 3.10. The van der Waals surface area contributed by atoms with E-state index >= 15 is 0 Å². The lowest BCUT2D eigenvalue weighted by molar-refractivity contribution is -0.152. The number of aliphatic carboxylic acids is 1. The van der Waals surface area contributed by atoms with Gasteiger partial charge in [-0.3, -0.25) is 9.59 Å². The molecule has 1 aliphatic rings. The second-order valence-electron chi connectivity index (χ2n) is 5.68. The van der Waals surface area contributed by atoms with Crippen molar-refractivity contribution in [3.8, 4) is 0 Å². The molecule has 0 spiro atoms. The Morgan fingerprint density at radius 2 is 2.00 bits per heavy atom. The number of rotatable bonds is 4. The van der Waals surface area contributed by atoms with Gasteiger partial charge >= 0.3 is 5.97 Å². The molecule has 1 aromatic rings. The molecular formula is C16H18Cl2N2O4. The summed E-state index contributed by atoms with van der Waals surface area (Å²) in [7, 11) is 0. The van der Waals surface area contributed by atoms with Crippen molar-refractivity contribution in [3.63, 3.8) is 0 Å². The van der Waals surface area contributed by atoms with E-state index in [0.717, 1.165) is 12.8 Å². The molecule has 1 aromatic carbocycles. The first-order valence-electron chi connectivity index (χ1n) is 7.61.